The summed E-state index contributed by atoms with van der Waals surface area (Å²) in [4.78, 5) is 26.7. The number of carbonyl (C=O) groups excluding carboxylic acids is 2. The van der Waals surface area contributed by atoms with Crippen LogP contribution in [0.2, 0.25) is 0 Å². The number of nitrogens with zero attached hydrogens (tertiary/aromatic N) is 2. The lowest BCUT2D eigenvalue weighted by Gasteiger charge is -2.32. The Balaban J connectivity index is 0.000000818. The Hall–Kier alpha value is -5.00. The predicted octanol–water partition coefficient (Wildman–Crippen LogP) is 4.80. The van der Waals surface area contributed by atoms with Gasteiger partial charge in [-0.1, -0.05) is 80.6 Å². The van der Waals surface area contributed by atoms with Crippen molar-refractivity contribution in [2.45, 2.75) is 31.3 Å². The molecule has 11 heteroatoms. The van der Waals surface area contributed by atoms with Gasteiger partial charge in [-0.15, -0.1) is 0 Å². The first-order valence-corrected chi connectivity index (χ1v) is 15.7. The second kappa shape index (κ2) is 14.5. The first-order valence-electron chi connectivity index (χ1n) is 14.2. The molecule has 0 saturated heterocycles. The first kappa shape index (κ1) is 31.9. The standard InChI is InChI=1S/C29H25N5O4S.C4H11N/c1-21(35)30-29(31-23-13-5-2-6-14-23)27(32-34(28(29)36)25-16-7-3-8-17-25)22-12-11-15-24(20-22)33-39(37,38)26-18-9-4-10-19-26;1-3-5-4-2/h2-20,31,33H,1H3,(H,30,35);5H,3-4H2,1-2H3. The van der Waals surface area contributed by atoms with E-state index in [-0.39, 0.29) is 16.3 Å². The molecule has 0 fully saturated rings. The lowest BCUT2D eigenvalue weighted by Crippen LogP contribution is -2.64. The summed E-state index contributed by atoms with van der Waals surface area (Å²) < 4.78 is 28.5. The number of hydrogen-bond acceptors (Lipinski definition) is 7. The average Bonchev–Trinajstić information content (AvgIpc) is 3.29. The van der Waals surface area contributed by atoms with Gasteiger partial charge in [0.1, 0.15) is 5.71 Å². The van der Waals surface area contributed by atoms with Gasteiger partial charge >= 0.3 is 5.91 Å². The molecule has 4 N–H and O–H groups in total. The molecule has 1 heterocycles. The topological polar surface area (TPSA) is 132 Å². The summed E-state index contributed by atoms with van der Waals surface area (Å²) >= 11 is 0. The lowest BCUT2D eigenvalue weighted by atomic mass is 9.95. The summed E-state index contributed by atoms with van der Waals surface area (Å²) in [7, 11) is -3.87. The highest BCUT2D eigenvalue weighted by atomic mass is 32.2. The minimum atomic E-state index is -3.87. The Morgan fingerprint density at radius 3 is 1.93 bits per heavy atom. The Bertz CT molecular complexity index is 1700. The van der Waals surface area contributed by atoms with Gasteiger partial charge in [-0.3, -0.25) is 14.3 Å². The third-order valence-corrected chi connectivity index (χ3v) is 7.88. The van der Waals surface area contributed by atoms with Crippen molar-refractivity contribution in [1.29, 1.82) is 0 Å². The van der Waals surface area contributed by atoms with E-state index in [9.17, 15) is 18.0 Å². The first-order chi connectivity index (χ1) is 21.2. The van der Waals surface area contributed by atoms with Crippen molar-refractivity contribution in [3.05, 3.63) is 121 Å². The van der Waals surface area contributed by atoms with Crippen molar-refractivity contribution in [1.82, 2.24) is 10.6 Å². The van der Waals surface area contributed by atoms with Crippen molar-refractivity contribution in [2.75, 3.05) is 28.1 Å². The zero-order valence-electron chi connectivity index (χ0n) is 24.8. The summed E-state index contributed by atoms with van der Waals surface area (Å²) in [5.41, 5.74) is 0.176. The number of rotatable bonds is 10. The zero-order chi connectivity index (χ0) is 31.6. The molecule has 1 unspecified atom stereocenters. The van der Waals surface area contributed by atoms with E-state index in [0.717, 1.165) is 13.1 Å². The highest BCUT2D eigenvalue weighted by Gasteiger charge is 2.53. The minimum Gasteiger partial charge on any atom is -0.350 e. The molecule has 0 aromatic heterocycles. The number of sulfonamides is 1. The number of hydrogen-bond donors (Lipinski definition) is 4. The van der Waals surface area contributed by atoms with Crippen LogP contribution in [-0.2, 0) is 19.6 Å². The fourth-order valence-corrected chi connectivity index (χ4v) is 5.62. The van der Waals surface area contributed by atoms with E-state index in [4.69, 9.17) is 0 Å². The van der Waals surface area contributed by atoms with Crippen LogP contribution >= 0.6 is 0 Å². The average molecular weight is 613 g/mol. The van der Waals surface area contributed by atoms with Gasteiger partial charge < -0.3 is 16.0 Å². The summed E-state index contributed by atoms with van der Waals surface area (Å²) in [5, 5.41) is 15.0. The van der Waals surface area contributed by atoms with Crippen LogP contribution < -0.4 is 25.7 Å². The summed E-state index contributed by atoms with van der Waals surface area (Å²) in [5.74, 6) is -0.992. The number of anilines is 3. The molecule has 4 aromatic carbocycles. The van der Waals surface area contributed by atoms with Crippen LogP contribution in [0, 0.1) is 0 Å². The number of nitrogens with one attached hydrogen (secondary N) is 4. The molecule has 228 valence electrons. The SMILES string of the molecule is CC(=O)NC1(Nc2ccccc2)C(=O)N(c2ccccc2)N=C1c1cccc(NS(=O)(=O)c2ccccc2)c1.CCNCC. The summed E-state index contributed by atoms with van der Waals surface area (Å²) in [6.07, 6.45) is 0. The number of benzene rings is 4. The minimum absolute atomic E-state index is 0.109. The molecule has 0 radical (unpaired) electrons. The maximum absolute atomic E-state index is 14.1. The molecule has 0 bridgehead atoms. The van der Waals surface area contributed by atoms with Crippen molar-refractivity contribution in [3.63, 3.8) is 0 Å². The third-order valence-electron chi connectivity index (χ3n) is 6.48. The Morgan fingerprint density at radius 1 is 0.795 bits per heavy atom. The van der Waals surface area contributed by atoms with Crippen LogP contribution in [0.15, 0.2) is 125 Å². The van der Waals surface area contributed by atoms with Crippen LogP contribution in [0.4, 0.5) is 17.1 Å². The van der Waals surface area contributed by atoms with E-state index in [1.54, 1.807) is 91.0 Å². The molecule has 1 atom stereocenters. The fraction of sp³-hybridized carbons (Fsp3) is 0.182. The zero-order valence-corrected chi connectivity index (χ0v) is 25.6. The Morgan fingerprint density at radius 2 is 1.36 bits per heavy atom. The van der Waals surface area contributed by atoms with Gasteiger partial charge in [0.25, 0.3) is 10.0 Å². The van der Waals surface area contributed by atoms with Crippen molar-refractivity contribution >= 4 is 44.6 Å². The molecule has 5 rings (SSSR count). The van der Waals surface area contributed by atoms with Gasteiger partial charge in [0, 0.05) is 23.9 Å². The number of hydrazone groups is 1. The van der Waals surface area contributed by atoms with E-state index in [2.05, 4.69) is 39.6 Å². The quantitative estimate of drug-likeness (QED) is 0.190. The molecule has 44 heavy (non-hydrogen) atoms. The normalized spacial score (nSPS) is 15.9. The summed E-state index contributed by atoms with van der Waals surface area (Å²) in [6, 6.07) is 32.3. The smallest absolute Gasteiger partial charge is 0.300 e. The van der Waals surface area contributed by atoms with Crippen molar-refractivity contribution in [2.24, 2.45) is 5.10 Å². The molecule has 0 saturated carbocycles. The largest absolute Gasteiger partial charge is 0.350 e. The maximum atomic E-state index is 14.1. The van der Waals surface area contributed by atoms with Crippen LogP contribution in [-0.4, -0.2) is 44.7 Å². The predicted molar refractivity (Wildman–Crippen MR) is 175 cm³/mol. The maximum Gasteiger partial charge on any atom is 0.300 e. The number of amides is 2. The molecule has 1 aliphatic heterocycles. The molecule has 0 spiro atoms. The molecule has 4 aromatic rings. The van der Waals surface area contributed by atoms with E-state index in [0.29, 0.717) is 16.9 Å². The van der Waals surface area contributed by atoms with Gasteiger partial charge in [0.15, 0.2) is 0 Å². The van der Waals surface area contributed by atoms with Crippen molar-refractivity contribution < 1.29 is 18.0 Å². The fourth-order valence-electron chi connectivity index (χ4n) is 4.55. The second-order valence-electron chi connectivity index (χ2n) is 9.78. The molecule has 0 aliphatic carbocycles. The van der Waals surface area contributed by atoms with Crippen molar-refractivity contribution in [3.8, 4) is 0 Å². The van der Waals surface area contributed by atoms with Gasteiger partial charge in [0.2, 0.25) is 11.6 Å². The monoisotopic (exact) mass is 612 g/mol. The van der Waals surface area contributed by atoms with Gasteiger partial charge in [-0.05, 0) is 61.6 Å². The third kappa shape index (κ3) is 7.49. The van der Waals surface area contributed by atoms with Gasteiger partial charge in [-0.2, -0.15) is 10.1 Å². The van der Waals surface area contributed by atoms with Crippen LogP contribution in [0.1, 0.15) is 26.3 Å². The highest BCUT2D eigenvalue weighted by Crippen LogP contribution is 2.32. The number of para-hydroxylation sites is 2. The second-order valence-corrected chi connectivity index (χ2v) is 11.5. The molecule has 1 aliphatic rings. The Labute approximate surface area is 258 Å². The van der Waals surface area contributed by atoms with E-state index in [1.807, 2.05) is 12.1 Å². The van der Waals surface area contributed by atoms with E-state index < -0.39 is 27.5 Å². The molecular formula is C33H36N6O4S. The molecular weight excluding hydrogens is 576 g/mol. The van der Waals surface area contributed by atoms with Gasteiger partial charge in [0.05, 0.1) is 10.6 Å². The van der Waals surface area contributed by atoms with E-state index in [1.165, 1.54) is 24.1 Å². The Kier molecular flexibility index (Phi) is 10.5. The van der Waals surface area contributed by atoms with Crippen LogP contribution in [0.5, 0.6) is 0 Å². The number of carbonyl (C=O) groups is 2. The lowest BCUT2D eigenvalue weighted by molar-refractivity contribution is -0.127. The highest BCUT2D eigenvalue weighted by molar-refractivity contribution is 7.92. The van der Waals surface area contributed by atoms with Crippen LogP contribution in [0.3, 0.4) is 0 Å². The van der Waals surface area contributed by atoms with E-state index >= 15 is 0 Å². The molecule has 2 amide bonds. The van der Waals surface area contributed by atoms with Gasteiger partial charge in [-0.25, -0.2) is 8.42 Å². The summed E-state index contributed by atoms with van der Waals surface area (Å²) in [6.45, 7) is 7.70. The molecule has 10 nitrogen and oxygen atoms in total. The van der Waals surface area contributed by atoms with Crippen LogP contribution in [0.25, 0.3) is 0 Å².